The summed E-state index contributed by atoms with van der Waals surface area (Å²) in [6.07, 6.45) is 3.97. The number of aromatic hydroxyl groups is 2. The molecule has 10 heteroatoms. The van der Waals surface area contributed by atoms with Gasteiger partial charge in [-0.1, -0.05) is 65.2 Å². The Balaban J connectivity index is 1.87. The minimum absolute atomic E-state index is 0.00852. The van der Waals surface area contributed by atoms with Crippen LogP contribution in [0, 0.1) is 0 Å². The number of benzene rings is 2. The smallest absolute Gasteiger partial charge is 0.347 e. The van der Waals surface area contributed by atoms with Gasteiger partial charge >= 0.3 is 5.97 Å². The second kappa shape index (κ2) is 17.4. The summed E-state index contributed by atoms with van der Waals surface area (Å²) in [5.41, 5.74) is 1.31. The van der Waals surface area contributed by atoms with Crippen LogP contribution in [0.15, 0.2) is 30.3 Å². The summed E-state index contributed by atoms with van der Waals surface area (Å²) >= 11 is 0. The topological polar surface area (TPSA) is 166 Å². The van der Waals surface area contributed by atoms with Crippen LogP contribution in [-0.2, 0) is 17.6 Å². The highest BCUT2D eigenvalue weighted by atomic mass is 16.7. The van der Waals surface area contributed by atoms with Crippen LogP contribution in [0.1, 0.15) is 99.5 Å². The van der Waals surface area contributed by atoms with Crippen molar-refractivity contribution >= 4 is 5.97 Å². The number of esters is 1. The molecule has 0 bridgehead atoms. The fourth-order valence-electron chi connectivity index (χ4n) is 5.35. The molecule has 0 amide bonds. The molecule has 2 aromatic rings. The molecule has 1 aliphatic rings. The number of phenolic OH excluding ortho intramolecular Hbond substituents is 2. The van der Waals surface area contributed by atoms with E-state index in [-0.39, 0.29) is 28.6 Å². The van der Waals surface area contributed by atoms with Gasteiger partial charge in [0.1, 0.15) is 53.0 Å². The van der Waals surface area contributed by atoms with Crippen LogP contribution in [-0.4, -0.2) is 73.9 Å². The van der Waals surface area contributed by atoms with Gasteiger partial charge in [-0.3, -0.25) is 0 Å². The van der Waals surface area contributed by atoms with Crippen molar-refractivity contribution in [1.29, 1.82) is 0 Å². The summed E-state index contributed by atoms with van der Waals surface area (Å²) in [5.74, 6) is -0.992. The first kappa shape index (κ1) is 34.6. The first-order valence-corrected chi connectivity index (χ1v) is 15.6. The van der Waals surface area contributed by atoms with Gasteiger partial charge in [0.15, 0.2) is 0 Å². The van der Waals surface area contributed by atoms with Gasteiger partial charge in [-0.25, -0.2) is 4.79 Å². The van der Waals surface area contributed by atoms with Crippen LogP contribution in [0.2, 0.25) is 0 Å². The summed E-state index contributed by atoms with van der Waals surface area (Å²) in [4.78, 5) is 13.7. The lowest BCUT2D eigenvalue weighted by Gasteiger charge is -2.21. The first-order chi connectivity index (χ1) is 20.7. The highest BCUT2D eigenvalue weighted by Gasteiger charge is 2.47. The Morgan fingerprint density at radius 2 is 1.47 bits per heavy atom. The van der Waals surface area contributed by atoms with E-state index in [0.29, 0.717) is 12.0 Å². The number of carbonyl (C=O) groups is 1. The van der Waals surface area contributed by atoms with Crippen molar-refractivity contribution in [3.8, 4) is 23.0 Å². The predicted octanol–water partition coefficient (Wildman–Crippen LogP) is 4.52. The summed E-state index contributed by atoms with van der Waals surface area (Å²) in [5, 5.41) is 61.0. The van der Waals surface area contributed by atoms with Gasteiger partial charge in [-0.15, -0.1) is 0 Å². The van der Waals surface area contributed by atoms with Gasteiger partial charge in [0.05, 0.1) is 6.61 Å². The maximum atomic E-state index is 13.7. The molecule has 240 valence electrons. The van der Waals surface area contributed by atoms with Crippen molar-refractivity contribution < 1.29 is 49.6 Å². The number of unbranched alkanes of at least 4 members (excludes halogenated alkanes) is 8. The fourth-order valence-corrected chi connectivity index (χ4v) is 5.35. The number of carbonyl (C=O) groups excluding carboxylic acids is 1. The third-order valence-corrected chi connectivity index (χ3v) is 7.72. The Bertz CT molecular complexity index is 1150. The zero-order chi connectivity index (χ0) is 31.4. The molecule has 6 N–H and O–H groups in total. The molecule has 0 aliphatic carbocycles. The number of aryl methyl sites for hydroxylation is 2. The summed E-state index contributed by atoms with van der Waals surface area (Å²) in [6, 6.07) is 7.37. The van der Waals surface area contributed by atoms with Crippen LogP contribution >= 0.6 is 0 Å². The van der Waals surface area contributed by atoms with Gasteiger partial charge in [-0.2, -0.15) is 0 Å². The number of aliphatic hydroxyl groups excluding tert-OH is 4. The zero-order valence-corrected chi connectivity index (χ0v) is 25.3. The van der Waals surface area contributed by atoms with E-state index in [9.17, 15) is 35.4 Å². The van der Waals surface area contributed by atoms with Crippen LogP contribution < -0.4 is 9.47 Å². The SMILES string of the molecule is CCCCCCCc1cc(O)cc(OC(=O)c2c(CCCCCCC)cc(O)cc2O[C@@H]2O[C@H]([C@@H](O)CO)[C@H](O)[C@H]2O)c1. The lowest BCUT2D eigenvalue weighted by Crippen LogP contribution is -2.40. The molecule has 1 aliphatic heterocycles. The molecule has 1 fully saturated rings. The van der Waals surface area contributed by atoms with Crippen molar-refractivity contribution in [1.82, 2.24) is 0 Å². The van der Waals surface area contributed by atoms with Crippen LogP contribution in [0.3, 0.4) is 0 Å². The number of hydrogen-bond acceptors (Lipinski definition) is 10. The predicted molar refractivity (Wildman–Crippen MR) is 160 cm³/mol. The monoisotopic (exact) mass is 604 g/mol. The molecule has 43 heavy (non-hydrogen) atoms. The molecule has 1 heterocycles. The second-order valence-electron chi connectivity index (χ2n) is 11.3. The Labute approximate surface area is 253 Å². The average Bonchev–Trinajstić information content (AvgIpc) is 3.24. The minimum Gasteiger partial charge on any atom is -0.508 e. The van der Waals surface area contributed by atoms with Gasteiger partial charge < -0.3 is 44.8 Å². The van der Waals surface area contributed by atoms with E-state index in [0.717, 1.165) is 69.8 Å². The van der Waals surface area contributed by atoms with Gasteiger partial charge in [0.2, 0.25) is 6.29 Å². The lowest BCUT2D eigenvalue weighted by atomic mass is 9.99. The van der Waals surface area contributed by atoms with E-state index in [1.165, 1.54) is 24.6 Å². The summed E-state index contributed by atoms with van der Waals surface area (Å²) in [6.45, 7) is 3.56. The maximum absolute atomic E-state index is 13.7. The molecule has 5 atom stereocenters. The molecule has 3 rings (SSSR count). The third kappa shape index (κ3) is 10.1. The largest absolute Gasteiger partial charge is 0.508 e. The Kier molecular flexibility index (Phi) is 14.0. The normalized spacial score (nSPS) is 20.7. The highest BCUT2D eigenvalue weighted by molar-refractivity contribution is 5.96. The van der Waals surface area contributed by atoms with E-state index >= 15 is 0 Å². The van der Waals surface area contributed by atoms with Crippen molar-refractivity contribution in [2.75, 3.05) is 6.61 Å². The molecule has 0 unspecified atom stereocenters. The molecule has 0 aromatic heterocycles. The number of phenols is 2. The van der Waals surface area contributed by atoms with E-state index < -0.39 is 43.3 Å². The van der Waals surface area contributed by atoms with Gasteiger partial charge in [-0.05, 0) is 55.0 Å². The van der Waals surface area contributed by atoms with E-state index in [1.54, 1.807) is 12.1 Å². The number of ether oxygens (including phenoxy) is 3. The molecule has 0 spiro atoms. The maximum Gasteiger partial charge on any atom is 0.347 e. The quantitative estimate of drug-likeness (QED) is 0.0809. The van der Waals surface area contributed by atoms with E-state index in [2.05, 4.69) is 13.8 Å². The molecule has 1 saturated heterocycles. The Morgan fingerprint density at radius 1 is 0.837 bits per heavy atom. The van der Waals surface area contributed by atoms with E-state index in [1.807, 2.05) is 0 Å². The van der Waals surface area contributed by atoms with Gasteiger partial charge in [0, 0.05) is 12.1 Å². The zero-order valence-electron chi connectivity index (χ0n) is 25.3. The van der Waals surface area contributed by atoms with E-state index in [4.69, 9.17) is 14.2 Å². The Hall–Kier alpha value is -2.89. The Morgan fingerprint density at radius 3 is 2.12 bits per heavy atom. The highest BCUT2D eigenvalue weighted by Crippen LogP contribution is 2.35. The number of hydrogen-bond donors (Lipinski definition) is 6. The van der Waals surface area contributed by atoms with Crippen LogP contribution in [0.25, 0.3) is 0 Å². The number of rotatable bonds is 18. The van der Waals surface area contributed by atoms with Crippen molar-refractivity contribution in [3.63, 3.8) is 0 Å². The first-order valence-electron chi connectivity index (χ1n) is 15.6. The van der Waals surface area contributed by atoms with Gasteiger partial charge in [0.25, 0.3) is 0 Å². The number of aliphatic hydroxyl groups is 4. The minimum atomic E-state index is -1.61. The standard InChI is InChI=1S/C33H48O10/c1-3-5-7-9-11-13-21-15-23(35)18-25(16-21)41-32(40)28-22(14-12-10-8-6-4-2)17-24(36)19-27(28)42-33-30(39)29(38)31(43-33)26(37)20-34/h15-19,26,29-31,33-39H,3-14,20H2,1-2H3/t26-,29+,30+,31+,33+/m0/s1. The molecular weight excluding hydrogens is 556 g/mol. The van der Waals surface area contributed by atoms with Crippen molar-refractivity contribution in [3.05, 3.63) is 47.0 Å². The summed E-state index contributed by atoms with van der Waals surface area (Å²) < 4.78 is 17.1. The second-order valence-corrected chi connectivity index (χ2v) is 11.3. The van der Waals surface area contributed by atoms with Crippen molar-refractivity contribution in [2.24, 2.45) is 0 Å². The molecule has 10 nitrogen and oxygen atoms in total. The fraction of sp³-hybridized carbons (Fsp3) is 0.606. The average molecular weight is 605 g/mol. The molecule has 0 radical (unpaired) electrons. The van der Waals surface area contributed by atoms with Crippen LogP contribution in [0.5, 0.6) is 23.0 Å². The molecule has 0 saturated carbocycles. The van der Waals surface area contributed by atoms with Crippen molar-refractivity contribution in [2.45, 2.75) is 122 Å². The summed E-state index contributed by atoms with van der Waals surface area (Å²) in [7, 11) is 0. The third-order valence-electron chi connectivity index (χ3n) is 7.72. The molecular formula is C33H48O10. The van der Waals surface area contributed by atoms with Crippen LogP contribution in [0.4, 0.5) is 0 Å². The molecule has 2 aromatic carbocycles. The lowest BCUT2D eigenvalue weighted by molar-refractivity contribution is -0.137.